The van der Waals surface area contributed by atoms with Gasteiger partial charge >= 0.3 is 0 Å². The second kappa shape index (κ2) is 5.60. The van der Waals surface area contributed by atoms with E-state index in [1.807, 2.05) is 26.0 Å². The Labute approximate surface area is 144 Å². The van der Waals surface area contributed by atoms with Gasteiger partial charge in [-0.2, -0.15) is 0 Å². The molecule has 1 amide bonds. The van der Waals surface area contributed by atoms with Crippen LogP contribution in [0.5, 0.6) is 0 Å². The fourth-order valence-electron chi connectivity index (χ4n) is 3.30. The lowest BCUT2D eigenvalue weighted by Crippen LogP contribution is -2.12. The molecule has 4 nitrogen and oxygen atoms in total. The Hall–Kier alpha value is -2.40. The number of aryl methyl sites for hydroxylation is 4. The summed E-state index contributed by atoms with van der Waals surface area (Å²) in [5, 5.41) is 3.89. The van der Waals surface area contributed by atoms with Crippen LogP contribution in [0.1, 0.15) is 38.5 Å². The minimum absolute atomic E-state index is 0.164. The molecule has 4 rings (SSSR count). The smallest absolute Gasteiger partial charge is 0.267 e. The Morgan fingerprint density at radius 2 is 2.08 bits per heavy atom. The molecule has 0 radical (unpaired) electrons. The van der Waals surface area contributed by atoms with E-state index in [1.54, 1.807) is 0 Å². The third-order valence-electron chi connectivity index (χ3n) is 4.59. The van der Waals surface area contributed by atoms with Gasteiger partial charge in [-0.25, -0.2) is 4.98 Å². The van der Waals surface area contributed by atoms with Crippen molar-refractivity contribution in [3.63, 3.8) is 0 Å². The molecule has 1 aliphatic rings. The molecule has 0 bridgehead atoms. The van der Waals surface area contributed by atoms with E-state index in [0.29, 0.717) is 10.6 Å². The van der Waals surface area contributed by atoms with E-state index in [1.165, 1.54) is 22.5 Å². The summed E-state index contributed by atoms with van der Waals surface area (Å²) in [7, 11) is 0. The van der Waals surface area contributed by atoms with Crippen LogP contribution in [0.4, 0.5) is 11.4 Å². The van der Waals surface area contributed by atoms with Crippen molar-refractivity contribution in [3.05, 3.63) is 51.5 Å². The number of pyridine rings is 1. The lowest BCUT2D eigenvalue weighted by molar-refractivity contribution is 0.103. The van der Waals surface area contributed by atoms with Crippen molar-refractivity contribution in [1.29, 1.82) is 0 Å². The van der Waals surface area contributed by atoms with Crippen molar-refractivity contribution in [2.24, 2.45) is 0 Å². The van der Waals surface area contributed by atoms with E-state index in [2.05, 4.69) is 17.4 Å². The maximum Gasteiger partial charge on any atom is 0.267 e. The molecule has 0 fully saturated rings. The molecule has 0 saturated carbocycles. The predicted octanol–water partition coefficient (Wildman–Crippen LogP) is 4.24. The molecule has 122 valence electrons. The number of nitrogens with zero attached hydrogens (tertiary/aromatic N) is 1. The molecule has 0 unspecified atom stereocenters. The van der Waals surface area contributed by atoms with Gasteiger partial charge in [-0.05, 0) is 56.4 Å². The van der Waals surface area contributed by atoms with Crippen LogP contribution in [0.25, 0.3) is 10.2 Å². The lowest BCUT2D eigenvalue weighted by atomic mass is 10.1. The van der Waals surface area contributed by atoms with Gasteiger partial charge in [0.15, 0.2) is 0 Å². The molecule has 1 aromatic carbocycles. The summed E-state index contributed by atoms with van der Waals surface area (Å²) in [6, 6.07) is 8.09. The van der Waals surface area contributed by atoms with Crippen molar-refractivity contribution in [2.75, 3.05) is 11.1 Å². The molecule has 3 aromatic rings. The third-order valence-corrected chi connectivity index (χ3v) is 5.70. The number of aromatic nitrogens is 1. The summed E-state index contributed by atoms with van der Waals surface area (Å²) in [5.74, 6) is -0.164. The Balaban J connectivity index is 1.70. The zero-order chi connectivity index (χ0) is 16.8. The highest BCUT2D eigenvalue weighted by Gasteiger charge is 2.21. The molecule has 24 heavy (non-hydrogen) atoms. The van der Waals surface area contributed by atoms with Crippen molar-refractivity contribution in [3.8, 4) is 0 Å². The number of rotatable bonds is 2. The molecule has 0 aliphatic heterocycles. The first-order valence-corrected chi connectivity index (χ1v) is 8.94. The first kappa shape index (κ1) is 15.1. The van der Waals surface area contributed by atoms with Gasteiger partial charge in [-0.3, -0.25) is 4.79 Å². The van der Waals surface area contributed by atoms with Crippen molar-refractivity contribution in [1.82, 2.24) is 4.98 Å². The molecule has 1 aliphatic carbocycles. The maximum atomic E-state index is 12.7. The number of nitrogens with two attached hydrogens (primary N) is 1. The van der Waals surface area contributed by atoms with E-state index in [9.17, 15) is 4.79 Å². The zero-order valence-electron chi connectivity index (χ0n) is 13.8. The minimum atomic E-state index is -0.164. The lowest BCUT2D eigenvalue weighted by Gasteiger charge is -2.08. The molecule has 5 heteroatoms. The predicted molar refractivity (Wildman–Crippen MR) is 99.9 cm³/mol. The number of amides is 1. The van der Waals surface area contributed by atoms with Crippen LogP contribution >= 0.6 is 11.3 Å². The fraction of sp³-hybridized carbons (Fsp3) is 0.263. The highest BCUT2D eigenvalue weighted by atomic mass is 32.1. The standard InChI is InChI=1S/C19H19N3OS/c1-10-6-7-14(11(2)8-10)21-18(23)17-16(20)13-9-12-4-3-5-15(12)22-19(13)24-17/h6-9H,3-5,20H2,1-2H3,(H,21,23). The van der Waals surface area contributed by atoms with Crippen LogP contribution in [0, 0.1) is 13.8 Å². The highest BCUT2D eigenvalue weighted by Crippen LogP contribution is 2.36. The fourth-order valence-corrected chi connectivity index (χ4v) is 4.29. The number of anilines is 2. The molecular weight excluding hydrogens is 318 g/mol. The Bertz CT molecular complexity index is 974. The number of fused-ring (bicyclic) bond motifs is 2. The van der Waals surface area contributed by atoms with Crippen molar-refractivity contribution < 1.29 is 4.79 Å². The summed E-state index contributed by atoms with van der Waals surface area (Å²) in [6.07, 6.45) is 3.23. The van der Waals surface area contributed by atoms with Crippen LogP contribution in [-0.2, 0) is 12.8 Å². The first-order chi connectivity index (χ1) is 11.5. The summed E-state index contributed by atoms with van der Waals surface area (Å²) in [6.45, 7) is 4.02. The number of carbonyl (C=O) groups is 1. The van der Waals surface area contributed by atoms with Crippen LogP contribution in [-0.4, -0.2) is 10.9 Å². The van der Waals surface area contributed by atoms with Gasteiger partial charge in [0.05, 0.1) is 5.69 Å². The summed E-state index contributed by atoms with van der Waals surface area (Å²) < 4.78 is 0. The van der Waals surface area contributed by atoms with Crippen LogP contribution in [0.3, 0.4) is 0 Å². The van der Waals surface area contributed by atoms with Crippen molar-refractivity contribution >= 4 is 38.8 Å². The first-order valence-electron chi connectivity index (χ1n) is 8.12. The van der Waals surface area contributed by atoms with Gasteiger partial charge in [-0.15, -0.1) is 11.3 Å². The van der Waals surface area contributed by atoms with E-state index in [0.717, 1.165) is 46.4 Å². The number of carbonyl (C=O) groups excluding carboxylic acids is 1. The Morgan fingerprint density at radius 3 is 2.88 bits per heavy atom. The zero-order valence-corrected chi connectivity index (χ0v) is 14.6. The summed E-state index contributed by atoms with van der Waals surface area (Å²) in [5.41, 5.74) is 12.3. The number of nitrogens with one attached hydrogen (secondary N) is 1. The third kappa shape index (κ3) is 2.45. The largest absolute Gasteiger partial charge is 0.397 e. The number of nitrogen functional groups attached to an aromatic ring is 1. The average Bonchev–Trinajstić information content (AvgIpc) is 3.12. The van der Waals surface area contributed by atoms with E-state index in [-0.39, 0.29) is 5.91 Å². The molecule has 0 atom stereocenters. The molecule has 2 aromatic heterocycles. The van der Waals surface area contributed by atoms with Crippen molar-refractivity contribution in [2.45, 2.75) is 33.1 Å². The molecular formula is C19H19N3OS. The van der Waals surface area contributed by atoms with Gasteiger partial charge in [0.2, 0.25) is 0 Å². The van der Waals surface area contributed by atoms with Gasteiger partial charge in [0.1, 0.15) is 9.71 Å². The second-order valence-corrected chi connectivity index (χ2v) is 7.42. The van der Waals surface area contributed by atoms with Gasteiger partial charge in [-0.1, -0.05) is 17.7 Å². The number of hydrogen-bond donors (Lipinski definition) is 2. The molecule has 2 heterocycles. The number of hydrogen-bond acceptors (Lipinski definition) is 4. The van der Waals surface area contributed by atoms with E-state index in [4.69, 9.17) is 10.7 Å². The van der Waals surface area contributed by atoms with E-state index < -0.39 is 0 Å². The monoisotopic (exact) mass is 337 g/mol. The van der Waals surface area contributed by atoms with Crippen LogP contribution in [0.2, 0.25) is 0 Å². The van der Waals surface area contributed by atoms with Crippen LogP contribution < -0.4 is 11.1 Å². The van der Waals surface area contributed by atoms with Gasteiger partial charge in [0.25, 0.3) is 5.91 Å². The normalized spacial score (nSPS) is 13.2. The summed E-state index contributed by atoms with van der Waals surface area (Å²) in [4.78, 5) is 18.8. The van der Waals surface area contributed by atoms with Gasteiger partial charge < -0.3 is 11.1 Å². The summed E-state index contributed by atoms with van der Waals surface area (Å²) >= 11 is 1.38. The Kier molecular flexibility index (Phi) is 3.53. The second-order valence-electron chi connectivity index (χ2n) is 6.42. The molecule has 0 saturated heterocycles. The van der Waals surface area contributed by atoms with E-state index >= 15 is 0 Å². The number of benzene rings is 1. The Morgan fingerprint density at radius 1 is 1.25 bits per heavy atom. The average molecular weight is 337 g/mol. The SMILES string of the molecule is Cc1ccc(NC(=O)c2sc3nc4c(cc3c2N)CCC4)c(C)c1. The topological polar surface area (TPSA) is 68.0 Å². The minimum Gasteiger partial charge on any atom is -0.397 e. The molecule has 3 N–H and O–H groups in total. The maximum absolute atomic E-state index is 12.7. The highest BCUT2D eigenvalue weighted by molar-refractivity contribution is 7.21. The van der Waals surface area contributed by atoms with Gasteiger partial charge in [0, 0.05) is 16.8 Å². The van der Waals surface area contributed by atoms with Crippen LogP contribution in [0.15, 0.2) is 24.3 Å². The number of thiophene rings is 1. The quantitative estimate of drug-likeness (QED) is 0.735. The molecule has 0 spiro atoms.